The van der Waals surface area contributed by atoms with E-state index in [-0.39, 0.29) is 4.90 Å². The first-order chi connectivity index (χ1) is 12.5. The molecule has 1 atom stereocenters. The Balaban J connectivity index is 1.89. The van der Waals surface area contributed by atoms with Gasteiger partial charge in [0.2, 0.25) is 10.0 Å². The van der Waals surface area contributed by atoms with Gasteiger partial charge in [-0.3, -0.25) is 4.98 Å². The highest BCUT2D eigenvalue weighted by Gasteiger charge is 2.38. The molecule has 0 spiro atoms. The molecular formula is C18H15Cl2N3O2S. The summed E-state index contributed by atoms with van der Waals surface area (Å²) in [5.74, 6) is 0. The molecule has 4 rings (SSSR count). The van der Waals surface area contributed by atoms with Crippen LogP contribution in [0.4, 0.5) is 0 Å². The largest absolute Gasteiger partial charge is 0.348 e. The van der Waals surface area contributed by atoms with Gasteiger partial charge in [0.15, 0.2) is 0 Å². The zero-order valence-electron chi connectivity index (χ0n) is 13.6. The quantitative estimate of drug-likeness (QED) is 0.659. The fourth-order valence-electron chi connectivity index (χ4n) is 3.29. The Bertz CT molecular complexity index is 1050. The molecule has 2 aromatic heterocycles. The summed E-state index contributed by atoms with van der Waals surface area (Å²) in [6.45, 7) is 0.909. The third kappa shape index (κ3) is 2.93. The molecule has 0 radical (unpaired) electrons. The van der Waals surface area contributed by atoms with Crippen molar-refractivity contribution in [2.75, 3.05) is 6.54 Å². The SMILES string of the molecule is O=S(=O)(c1cccnc1)N1CCn2cccc2C1c1ccc(Cl)cc1Cl. The highest BCUT2D eigenvalue weighted by molar-refractivity contribution is 7.89. The van der Waals surface area contributed by atoms with Gasteiger partial charge in [0.05, 0.1) is 6.04 Å². The van der Waals surface area contributed by atoms with E-state index in [0.29, 0.717) is 28.7 Å². The van der Waals surface area contributed by atoms with Gasteiger partial charge in [0.25, 0.3) is 0 Å². The van der Waals surface area contributed by atoms with Crippen molar-refractivity contribution in [1.29, 1.82) is 0 Å². The Morgan fingerprint density at radius 1 is 1.08 bits per heavy atom. The van der Waals surface area contributed by atoms with Gasteiger partial charge in [0, 0.05) is 47.4 Å². The van der Waals surface area contributed by atoms with Crippen LogP contribution < -0.4 is 0 Å². The lowest BCUT2D eigenvalue weighted by molar-refractivity contribution is 0.298. The molecule has 3 heterocycles. The van der Waals surface area contributed by atoms with Crippen LogP contribution in [0.2, 0.25) is 10.0 Å². The van der Waals surface area contributed by atoms with E-state index >= 15 is 0 Å². The summed E-state index contributed by atoms with van der Waals surface area (Å²) < 4.78 is 30.1. The molecule has 0 saturated carbocycles. The summed E-state index contributed by atoms with van der Waals surface area (Å²) in [6, 6.07) is 11.6. The molecule has 0 N–H and O–H groups in total. The first-order valence-corrected chi connectivity index (χ1v) is 10.2. The topological polar surface area (TPSA) is 55.2 Å². The van der Waals surface area contributed by atoms with Crippen molar-refractivity contribution < 1.29 is 8.42 Å². The first-order valence-electron chi connectivity index (χ1n) is 8.00. The van der Waals surface area contributed by atoms with Crippen LogP contribution in [0.15, 0.2) is 66.0 Å². The molecule has 1 aliphatic heterocycles. The van der Waals surface area contributed by atoms with Crippen molar-refractivity contribution >= 4 is 33.2 Å². The lowest BCUT2D eigenvalue weighted by Crippen LogP contribution is -2.42. The van der Waals surface area contributed by atoms with E-state index in [1.54, 1.807) is 36.5 Å². The van der Waals surface area contributed by atoms with Gasteiger partial charge in [-0.05, 0) is 42.0 Å². The second-order valence-corrected chi connectivity index (χ2v) is 8.73. The molecule has 0 aliphatic carbocycles. The van der Waals surface area contributed by atoms with E-state index in [1.165, 1.54) is 10.5 Å². The van der Waals surface area contributed by atoms with Crippen molar-refractivity contribution in [3.05, 3.63) is 82.4 Å². The number of rotatable bonds is 3. The number of halogens is 2. The summed E-state index contributed by atoms with van der Waals surface area (Å²) in [7, 11) is -3.74. The minimum atomic E-state index is -3.74. The van der Waals surface area contributed by atoms with Crippen molar-refractivity contribution in [2.24, 2.45) is 0 Å². The maximum Gasteiger partial charge on any atom is 0.245 e. The molecule has 1 aliphatic rings. The normalized spacial score (nSPS) is 17.8. The standard InChI is InChI=1S/C18H15Cl2N3O2S/c19-13-5-6-15(16(20)11-13)18-17-4-2-8-22(17)9-10-23(18)26(24,25)14-3-1-7-21-12-14/h1-8,11-12,18H,9-10H2. The predicted molar refractivity (Wildman–Crippen MR) is 101 cm³/mol. The molecule has 5 nitrogen and oxygen atoms in total. The van der Waals surface area contributed by atoms with Crippen LogP contribution in [0.25, 0.3) is 0 Å². The van der Waals surface area contributed by atoms with Crippen LogP contribution in [0.5, 0.6) is 0 Å². The van der Waals surface area contributed by atoms with Crippen LogP contribution in [0, 0.1) is 0 Å². The summed E-state index contributed by atoms with van der Waals surface area (Å²) in [4.78, 5) is 4.11. The van der Waals surface area contributed by atoms with E-state index in [1.807, 2.05) is 22.9 Å². The van der Waals surface area contributed by atoms with E-state index in [2.05, 4.69) is 4.98 Å². The van der Waals surface area contributed by atoms with Gasteiger partial charge in [0.1, 0.15) is 4.90 Å². The maximum absolute atomic E-state index is 13.3. The second-order valence-electron chi connectivity index (χ2n) is 6.00. The summed E-state index contributed by atoms with van der Waals surface area (Å²) in [5.41, 5.74) is 1.57. The average molecular weight is 408 g/mol. The fraction of sp³-hybridized carbons (Fsp3) is 0.167. The zero-order chi connectivity index (χ0) is 18.3. The Morgan fingerprint density at radius 3 is 2.65 bits per heavy atom. The number of hydrogen-bond donors (Lipinski definition) is 0. The van der Waals surface area contributed by atoms with Crippen molar-refractivity contribution in [3.63, 3.8) is 0 Å². The van der Waals surface area contributed by atoms with Crippen LogP contribution in [-0.2, 0) is 16.6 Å². The van der Waals surface area contributed by atoms with Gasteiger partial charge in [-0.25, -0.2) is 8.42 Å². The van der Waals surface area contributed by atoms with E-state index in [9.17, 15) is 8.42 Å². The molecule has 26 heavy (non-hydrogen) atoms. The molecule has 0 bridgehead atoms. The molecule has 0 fully saturated rings. The van der Waals surface area contributed by atoms with E-state index in [0.717, 1.165) is 5.69 Å². The molecule has 3 aromatic rings. The van der Waals surface area contributed by atoms with Crippen LogP contribution in [0.3, 0.4) is 0 Å². The maximum atomic E-state index is 13.3. The monoisotopic (exact) mass is 407 g/mol. The smallest absolute Gasteiger partial charge is 0.245 e. The number of fused-ring (bicyclic) bond motifs is 1. The number of pyridine rings is 1. The zero-order valence-corrected chi connectivity index (χ0v) is 15.9. The molecule has 0 saturated heterocycles. The highest BCUT2D eigenvalue weighted by Crippen LogP contribution is 2.39. The Hall–Kier alpha value is -1.86. The Labute approximate surface area is 161 Å². The lowest BCUT2D eigenvalue weighted by atomic mass is 10.0. The fourth-order valence-corrected chi connectivity index (χ4v) is 5.34. The first kappa shape index (κ1) is 17.5. The van der Waals surface area contributed by atoms with Crippen LogP contribution in [-0.4, -0.2) is 28.8 Å². The predicted octanol–water partition coefficient (Wildman–Crippen LogP) is 3.98. The molecular weight excluding hydrogens is 393 g/mol. The van der Waals surface area contributed by atoms with Gasteiger partial charge < -0.3 is 4.57 Å². The molecule has 0 amide bonds. The van der Waals surface area contributed by atoms with Gasteiger partial charge in [-0.1, -0.05) is 29.3 Å². The van der Waals surface area contributed by atoms with Crippen LogP contribution in [0.1, 0.15) is 17.3 Å². The Kier molecular flexibility index (Phi) is 4.52. The molecule has 134 valence electrons. The lowest BCUT2D eigenvalue weighted by Gasteiger charge is -2.36. The minimum Gasteiger partial charge on any atom is -0.348 e. The van der Waals surface area contributed by atoms with Crippen molar-refractivity contribution in [1.82, 2.24) is 13.9 Å². The summed E-state index contributed by atoms with van der Waals surface area (Å²) in [6.07, 6.45) is 4.86. The second kappa shape index (κ2) is 6.70. The van der Waals surface area contributed by atoms with E-state index < -0.39 is 16.1 Å². The number of nitrogens with zero attached hydrogens (tertiary/aromatic N) is 3. The van der Waals surface area contributed by atoms with Gasteiger partial charge >= 0.3 is 0 Å². The summed E-state index contributed by atoms with van der Waals surface area (Å²) >= 11 is 12.5. The third-order valence-electron chi connectivity index (χ3n) is 4.49. The molecule has 8 heteroatoms. The minimum absolute atomic E-state index is 0.162. The number of hydrogen-bond acceptors (Lipinski definition) is 3. The summed E-state index contributed by atoms with van der Waals surface area (Å²) in [5, 5.41) is 0.940. The number of sulfonamides is 1. The highest BCUT2D eigenvalue weighted by atomic mass is 35.5. The van der Waals surface area contributed by atoms with Crippen molar-refractivity contribution in [2.45, 2.75) is 17.5 Å². The Morgan fingerprint density at radius 2 is 1.92 bits per heavy atom. The van der Waals surface area contributed by atoms with Crippen LogP contribution >= 0.6 is 23.2 Å². The molecule has 1 aromatic carbocycles. The average Bonchev–Trinajstić information content (AvgIpc) is 3.11. The van der Waals surface area contributed by atoms with Crippen molar-refractivity contribution in [3.8, 4) is 0 Å². The third-order valence-corrected chi connectivity index (χ3v) is 6.90. The number of benzene rings is 1. The number of aromatic nitrogens is 2. The van der Waals surface area contributed by atoms with E-state index in [4.69, 9.17) is 23.2 Å². The van der Waals surface area contributed by atoms with Gasteiger partial charge in [-0.15, -0.1) is 0 Å². The molecule has 1 unspecified atom stereocenters. The van der Waals surface area contributed by atoms with Gasteiger partial charge in [-0.2, -0.15) is 4.31 Å².